The van der Waals surface area contributed by atoms with Crippen molar-refractivity contribution >= 4 is 17.9 Å². The van der Waals surface area contributed by atoms with Crippen molar-refractivity contribution in [1.82, 2.24) is 15.5 Å². The minimum absolute atomic E-state index is 0.167. The van der Waals surface area contributed by atoms with Crippen LogP contribution in [-0.4, -0.2) is 53.1 Å². The minimum Gasteiger partial charge on any atom is -0.481 e. The highest BCUT2D eigenvalue weighted by atomic mass is 16.4. The third-order valence-electron chi connectivity index (χ3n) is 5.25. The van der Waals surface area contributed by atoms with Crippen LogP contribution in [0.4, 0.5) is 4.79 Å². The number of carbonyl (C=O) groups excluding carboxylic acids is 2. The summed E-state index contributed by atoms with van der Waals surface area (Å²) in [4.78, 5) is 37.0. The van der Waals surface area contributed by atoms with Crippen molar-refractivity contribution in [2.24, 2.45) is 17.8 Å². The molecule has 5 unspecified atom stereocenters. The Hall–Kier alpha value is -1.79. The SMILES string of the molecule is CC1C(=O)NCCN1C(=O)NC1C2CCC(C2)C1C(=O)O. The van der Waals surface area contributed by atoms with Crippen molar-refractivity contribution in [2.45, 2.75) is 38.3 Å². The van der Waals surface area contributed by atoms with Crippen molar-refractivity contribution in [3.8, 4) is 0 Å². The average Bonchev–Trinajstić information content (AvgIpc) is 3.02. The number of piperazine rings is 1. The van der Waals surface area contributed by atoms with Crippen LogP contribution in [0.2, 0.25) is 0 Å². The standard InChI is InChI=1S/C14H21N3O4/c1-7-12(18)15-4-5-17(7)14(21)16-11-9-3-2-8(6-9)10(11)13(19)20/h7-11H,2-6H2,1H3,(H,15,18)(H,16,21)(H,19,20). The number of nitrogens with one attached hydrogen (secondary N) is 2. The summed E-state index contributed by atoms with van der Waals surface area (Å²) < 4.78 is 0. The van der Waals surface area contributed by atoms with E-state index in [1.807, 2.05) is 0 Å². The number of aliphatic carboxylic acids is 1. The molecule has 3 aliphatic rings. The van der Waals surface area contributed by atoms with Crippen LogP contribution in [0.15, 0.2) is 0 Å². The van der Waals surface area contributed by atoms with Crippen LogP contribution in [0, 0.1) is 17.8 Å². The number of urea groups is 1. The van der Waals surface area contributed by atoms with Gasteiger partial charge in [-0.2, -0.15) is 0 Å². The predicted molar refractivity (Wildman–Crippen MR) is 73.5 cm³/mol. The third kappa shape index (κ3) is 2.34. The molecule has 0 aromatic rings. The number of hydrogen-bond donors (Lipinski definition) is 3. The highest BCUT2D eigenvalue weighted by Crippen LogP contribution is 2.48. The Morgan fingerprint density at radius 3 is 2.76 bits per heavy atom. The second-order valence-electron chi connectivity index (χ2n) is 6.33. The number of fused-ring (bicyclic) bond motifs is 2. The molecule has 7 heteroatoms. The smallest absolute Gasteiger partial charge is 0.318 e. The van der Waals surface area contributed by atoms with Gasteiger partial charge in [-0.15, -0.1) is 0 Å². The van der Waals surface area contributed by atoms with Crippen LogP contribution in [0.5, 0.6) is 0 Å². The Balaban J connectivity index is 1.69. The van der Waals surface area contributed by atoms with Gasteiger partial charge in [0.15, 0.2) is 0 Å². The van der Waals surface area contributed by atoms with Gasteiger partial charge in [-0.05, 0) is 38.0 Å². The Morgan fingerprint density at radius 1 is 1.33 bits per heavy atom. The zero-order valence-corrected chi connectivity index (χ0v) is 12.0. The molecule has 2 aliphatic carbocycles. The normalized spacial score (nSPS) is 38.2. The Labute approximate surface area is 123 Å². The molecule has 21 heavy (non-hydrogen) atoms. The van der Waals surface area contributed by atoms with E-state index in [-0.39, 0.29) is 29.8 Å². The number of carboxylic acid groups (broad SMARTS) is 1. The zero-order chi connectivity index (χ0) is 15.1. The van der Waals surface area contributed by atoms with E-state index in [4.69, 9.17) is 0 Å². The first kappa shape index (κ1) is 14.2. The van der Waals surface area contributed by atoms with Gasteiger partial charge in [0.2, 0.25) is 5.91 Å². The maximum absolute atomic E-state index is 12.4. The van der Waals surface area contributed by atoms with Crippen LogP contribution in [0.1, 0.15) is 26.2 Å². The maximum atomic E-state index is 12.4. The number of nitrogens with zero attached hydrogens (tertiary/aromatic N) is 1. The van der Waals surface area contributed by atoms with Crippen molar-refractivity contribution in [3.05, 3.63) is 0 Å². The van der Waals surface area contributed by atoms with Gasteiger partial charge in [0.1, 0.15) is 6.04 Å². The van der Waals surface area contributed by atoms with Crippen molar-refractivity contribution in [1.29, 1.82) is 0 Å². The Kier molecular flexibility index (Phi) is 3.51. The highest BCUT2D eigenvalue weighted by molar-refractivity contribution is 5.88. The van der Waals surface area contributed by atoms with Gasteiger partial charge in [0, 0.05) is 19.1 Å². The van der Waals surface area contributed by atoms with E-state index < -0.39 is 17.9 Å². The van der Waals surface area contributed by atoms with E-state index in [1.54, 1.807) is 6.92 Å². The topological polar surface area (TPSA) is 98.7 Å². The molecule has 2 bridgehead atoms. The largest absolute Gasteiger partial charge is 0.481 e. The Bertz CT molecular complexity index is 481. The van der Waals surface area contributed by atoms with E-state index in [0.717, 1.165) is 19.3 Å². The zero-order valence-electron chi connectivity index (χ0n) is 12.0. The molecule has 0 aromatic carbocycles. The molecule has 3 amide bonds. The van der Waals surface area contributed by atoms with E-state index in [2.05, 4.69) is 10.6 Å². The number of carbonyl (C=O) groups is 3. The highest BCUT2D eigenvalue weighted by Gasteiger charge is 2.52. The number of carboxylic acids is 1. The first-order chi connectivity index (χ1) is 9.99. The molecular formula is C14H21N3O4. The number of rotatable bonds is 2. The fourth-order valence-electron chi connectivity index (χ4n) is 4.14. The summed E-state index contributed by atoms with van der Waals surface area (Å²) in [6, 6.07) is -1.13. The molecule has 1 saturated heterocycles. The van der Waals surface area contributed by atoms with Crippen LogP contribution in [0.3, 0.4) is 0 Å². The molecule has 0 aromatic heterocycles. The van der Waals surface area contributed by atoms with Gasteiger partial charge in [-0.25, -0.2) is 4.79 Å². The molecule has 5 atom stereocenters. The quantitative estimate of drug-likeness (QED) is 0.668. The van der Waals surface area contributed by atoms with Gasteiger partial charge in [0.25, 0.3) is 0 Å². The number of hydrogen-bond acceptors (Lipinski definition) is 3. The summed E-state index contributed by atoms with van der Waals surface area (Å²) in [6.45, 7) is 2.58. The van der Waals surface area contributed by atoms with Gasteiger partial charge in [0.05, 0.1) is 5.92 Å². The molecule has 2 saturated carbocycles. The fourth-order valence-corrected chi connectivity index (χ4v) is 4.14. The first-order valence-corrected chi connectivity index (χ1v) is 7.56. The van der Waals surface area contributed by atoms with Gasteiger partial charge in [-0.1, -0.05) is 0 Å². The summed E-state index contributed by atoms with van der Waals surface area (Å²) in [5, 5.41) is 15.0. The molecule has 7 nitrogen and oxygen atoms in total. The Morgan fingerprint density at radius 2 is 2.05 bits per heavy atom. The van der Waals surface area contributed by atoms with Gasteiger partial charge in [-0.3, -0.25) is 9.59 Å². The molecule has 0 spiro atoms. The average molecular weight is 295 g/mol. The lowest BCUT2D eigenvalue weighted by Gasteiger charge is -2.36. The van der Waals surface area contributed by atoms with Crippen LogP contribution in [-0.2, 0) is 9.59 Å². The molecule has 3 fully saturated rings. The van der Waals surface area contributed by atoms with Crippen LogP contribution in [0.25, 0.3) is 0 Å². The molecule has 116 valence electrons. The molecule has 1 heterocycles. The van der Waals surface area contributed by atoms with Gasteiger partial charge >= 0.3 is 12.0 Å². The van der Waals surface area contributed by atoms with Crippen molar-refractivity contribution in [3.63, 3.8) is 0 Å². The fraction of sp³-hybridized carbons (Fsp3) is 0.786. The van der Waals surface area contributed by atoms with E-state index in [1.165, 1.54) is 4.90 Å². The first-order valence-electron chi connectivity index (χ1n) is 7.56. The summed E-state index contributed by atoms with van der Waals surface area (Å²) >= 11 is 0. The second-order valence-corrected chi connectivity index (χ2v) is 6.33. The van der Waals surface area contributed by atoms with Crippen molar-refractivity contribution < 1.29 is 19.5 Å². The predicted octanol–water partition coefficient (Wildman–Crippen LogP) is 0.0156. The van der Waals surface area contributed by atoms with Crippen molar-refractivity contribution in [2.75, 3.05) is 13.1 Å². The monoisotopic (exact) mass is 295 g/mol. The minimum atomic E-state index is -0.822. The third-order valence-corrected chi connectivity index (χ3v) is 5.25. The van der Waals surface area contributed by atoms with Crippen LogP contribution < -0.4 is 10.6 Å². The molecule has 1 aliphatic heterocycles. The van der Waals surface area contributed by atoms with Crippen LogP contribution >= 0.6 is 0 Å². The van der Waals surface area contributed by atoms with E-state index in [0.29, 0.717) is 13.1 Å². The van der Waals surface area contributed by atoms with E-state index >= 15 is 0 Å². The molecule has 0 radical (unpaired) electrons. The second kappa shape index (κ2) is 5.20. The molecular weight excluding hydrogens is 274 g/mol. The summed E-state index contributed by atoms with van der Waals surface area (Å²) in [7, 11) is 0. The summed E-state index contributed by atoms with van der Waals surface area (Å²) in [5.41, 5.74) is 0. The maximum Gasteiger partial charge on any atom is 0.318 e. The van der Waals surface area contributed by atoms with Gasteiger partial charge < -0.3 is 20.6 Å². The summed E-state index contributed by atoms with van der Waals surface area (Å²) in [6.07, 6.45) is 2.81. The lowest BCUT2D eigenvalue weighted by molar-refractivity contribution is -0.144. The van der Waals surface area contributed by atoms with E-state index in [9.17, 15) is 19.5 Å². The molecule has 3 rings (SSSR count). The lowest BCUT2D eigenvalue weighted by atomic mass is 9.84. The number of amides is 3. The summed E-state index contributed by atoms with van der Waals surface area (Å²) in [5.74, 6) is -1.04. The molecule has 3 N–H and O–H groups in total. The lowest BCUT2D eigenvalue weighted by Crippen LogP contribution is -2.60.